The van der Waals surface area contributed by atoms with Crippen LogP contribution >= 0.6 is 0 Å². The van der Waals surface area contributed by atoms with Crippen molar-refractivity contribution in [2.24, 2.45) is 0 Å². The van der Waals surface area contributed by atoms with Gasteiger partial charge < -0.3 is 14.8 Å². The van der Waals surface area contributed by atoms with E-state index in [0.29, 0.717) is 13.0 Å². The maximum absolute atomic E-state index is 11.6. The van der Waals surface area contributed by atoms with Crippen LogP contribution in [0.1, 0.15) is 5.56 Å². The van der Waals surface area contributed by atoms with Crippen molar-refractivity contribution in [2.75, 3.05) is 26.5 Å². The first kappa shape index (κ1) is 18.4. The second-order valence-electron chi connectivity index (χ2n) is 6.27. The SMILES string of the molecule is COCC(=O)NCC1Cc2cccc(-c3ccc(S(C)(=O)=O)cc3)c2O1. The van der Waals surface area contributed by atoms with Crippen molar-refractivity contribution in [3.63, 3.8) is 0 Å². The van der Waals surface area contributed by atoms with Gasteiger partial charge in [0.15, 0.2) is 9.84 Å². The van der Waals surface area contributed by atoms with Gasteiger partial charge in [-0.05, 0) is 23.3 Å². The molecule has 0 aromatic heterocycles. The standard InChI is InChI=1S/C19H21NO5S/c1-24-12-18(21)20-11-15-10-14-4-3-5-17(19(14)25-15)13-6-8-16(9-7-13)26(2,22)23/h3-9,15H,10-12H2,1-2H3,(H,20,21). The highest BCUT2D eigenvalue weighted by Gasteiger charge is 2.26. The minimum atomic E-state index is -3.22. The minimum Gasteiger partial charge on any atom is -0.487 e. The van der Waals surface area contributed by atoms with E-state index < -0.39 is 9.84 Å². The fraction of sp³-hybridized carbons (Fsp3) is 0.316. The minimum absolute atomic E-state index is 0.0254. The number of hydrogen-bond donors (Lipinski definition) is 1. The van der Waals surface area contributed by atoms with E-state index in [9.17, 15) is 13.2 Å². The van der Waals surface area contributed by atoms with Crippen LogP contribution in [0, 0.1) is 0 Å². The van der Waals surface area contributed by atoms with Crippen molar-refractivity contribution in [3.05, 3.63) is 48.0 Å². The van der Waals surface area contributed by atoms with Crippen LogP contribution in [-0.2, 0) is 25.8 Å². The fourth-order valence-corrected chi connectivity index (χ4v) is 3.60. The topological polar surface area (TPSA) is 81.7 Å². The number of carbonyl (C=O) groups is 1. The number of sulfone groups is 1. The van der Waals surface area contributed by atoms with E-state index in [1.165, 1.54) is 13.4 Å². The maximum atomic E-state index is 11.6. The number of amides is 1. The second kappa shape index (κ2) is 7.47. The molecule has 0 spiro atoms. The molecule has 0 radical (unpaired) electrons. The monoisotopic (exact) mass is 375 g/mol. The van der Waals surface area contributed by atoms with Crippen LogP contribution in [0.15, 0.2) is 47.4 Å². The molecule has 1 aliphatic heterocycles. The highest BCUT2D eigenvalue weighted by molar-refractivity contribution is 7.90. The first-order valence-electron chi connectivity index (χ1n) is 8.23. The van der Waals surface area contributed by atoms with E-state index in [2.05, 4.69) is 5.32 Å². The lowest BCUT2D eigenvalue weighted by Crippen LogP contribution is -2.36. The van der Waals surface area contributed by atoms with Crippen LogP contribution in [0.3, 0.4) is 0 Å². The average molecular weight is 375 g/mol. The van der Waals surface area contributed by atoms with Crippen molar-refractivity contribution in [1.82, 2.24) is 5.32 Å². The predicted molar refractivity (Wildman–Crippen MR) is 98.0 cm³/mol. The molecule has 0 saturated heterocycles. The van der Waals surface area contributed by atoms with Crippen molar-refractivity contribution in [2.45, 2.75) is 17.4 Å². The maximum Gasteiger partial charge on any atom is 0.246 e. The van der Waals surface area contributed by atoms with Gasteiger partial charge in [0, 0.05) is 25.3 Å². The van der Waals surface area contributed by atoms with Crippen molar-refractivity contribution < 1.29 is 22.7 Å². The Kier molecular flexibility index (Phi) is 5.29. The zero-order chi connectivity index (χ0) is 18.7. The Hall–Kier alpha value is -2.38. The smallest absolute Gasteiger partial charge is 0.246 e. The Morgan fingerprint density at radius 2 is 1.96 bits per heavy atom. The number of ether oxygens (including phenoxy) is 2. The van der Waals surface area contributed by atoms with Crippen LogP contribution < -0.4 is 10.1 Å². The molecule has 1 heterocycles. The summed E-state index contributed by atoms with van der Waals surface area (Å²) in [7, 11) is -1.75. The summed E-state index contributed by atoms with van der Waals surface area (Å²) in [6.07, 6.45) is 1.76. The molecular weight excluding hydrogens is 354 g/mol. The van der Waals surface area contributed by atoms with Crippen LogP contribution in [0.25, 0.3) is 11.1 Å². The summed E-state index contributed by atoms with van der Waals surface area (Å²) in [5.74, 6) is 0.606. The summed E-state index contributed by atoms with van der Waals surface area (Å²) >= 11 is 0. The molecule has 0 bridgehead atoms. The molecule has 26 heavy (non-hydrogen) atoms. The zero-order valence-electron chi connectivity index (χ0n) is 14.7. The summed E-state index contributed by atoms with van der Waals surface area (Å²) < 4.78 is 34.1. The Morgan fingerprint density at radius 3 is 2.62 bits per heavy atom. The van der Waals surface area contributed by atoms with Crippen LogP contribution in [0.4, 0.5) is 0 Å². The van der Waals surface area contributed by atoms with E-state index in [-0.39, 0.29) is 23.5 Å². The first-order valence-corrected chi connectivity index (χ1v) is 10.1. The summed E-state index contributed by atoms with van der Waals surface area (Å²) in [5, 5.41) is 2.79. The van der Waals surface area contributed by atoms with Gasteiger partial charge in [-0.15, -0.1) is 0 Å². The van der Waals surface area contributed by atoms with E-state index >= 15 is 0 Å². The van der Waals surface area contributed by atoms with Gasteiger partial charge in [-0.2, -0.15) is 0 Å². The Labute approximate surface area is 153 Å². The fourth-order valence-electron chi connectivity index (χ4n) is 2.97. The van der Waals surface area contributed by atoms with E-state index in [1.807, 2.05) is 18.2 Å². The molecule has 1 unspecified atom stereocenters. The van der Waals surface area contributed by atoms with Crippen molar-refractivity contribution >= 4 is 15.7 Å². The van der Waals surface area contributed by atoms with Gasteiger partial charge in [0.1, 0.15) is 18.5 Å². The third-order valence-electron chi connectivity index (χ3n) is 4.22. The third kappa shape index (κ3) is 4.05. The molecule has 1 amide bonds. The molecule has 1 N–H and O–H groups in total. The van der Waals surface area contributed by atoms with Crippen molar-refractivity contribution in [1.29, 1.82) is 0 Å². The van der Waals surface area contributed by atoms with Gasteiger partial charge in [-0.25, -0.2) is 8.42 Å². The van der Waals surface area contributed by atoms with E-state index in [0.717, 1.165) is 22.4 Å². The van der Waals surface area contributed by atoms with Gasteiger partial charge in [0.2, 0.25) is 5.91 Å². The molecule has 1 atom stereocenters. The summed E-state index contributed by atoms with van der Waals surface area (Å²) in [5.41, 5.74) is 2.87. The molecule has 0 fully saturated rings. The number of methoxy groups -OCH3 is 1. The van der Waals surface area contributed by atoms with Crippen LogP contribution in [-0.4, -0.2) is 46.9 Å². The number of hydrogen-bond acceptors (Lipinski definition) is 5. The largest absolute Gasteiger partial charge is 0.487 e. The number of rotatable bonds is 6. The molecule has 138 valence electrons. The zero-order valence-corrected chi connectivity index (χ0v) is 15.5. The molecular formula is C19H21NO5S. The molecule has 3 rings (SSSR count). The summed E-state index contributed by atoms with van der Waals surface area (Å²) in [6.45, 7) is 0.431. The highest BCUT2D eigenvalue weighted by Crippen LogP contribution is 2.38. The summed E-state index contributed by atoms with van der Waals surface area (Å²) in [6, 6.07) is 12.7. The third-order valence-corrected chi connectivity index (χ3v) is 5.35. The molecule has 1 aliphatic rings. The lowest BCUT2D eigenvalue weighted by Gasteiger charge is -2.13. The Balaban J connectivity index is 1.77. The quantitative estimate of drug-likeness (QED) is 0.833. The molecule has 7 heteroatoms. The molecule has 2 aromatic carbocycles. The Morgan fingerprint density at radius 1 is 1.23 bits per heavy atom. The highest BCUT2D eigenvalue weighted by atomic mass is 32.2. The van der Waals surface area contributed by atoms with Gasteiger partial charge >= 0.3 is 0 Å². The Bertz CT molecular complexity index is 906. The number of benzene rings is 2. The lowest BCUT2D eigenvalue weighted by molar-refractivity contribution is -0.125. The first-order chi connectivity index (χ1) is 12.4. The number of fused-ring (bicyclic) bond motifs is 1. The molecule has 6 nitrogen and oxygen atoms in total. The lowest BCUT2D eigenvalue weighted by atomic mass is 10.0. The van der Waals surface area contributed by atoms with Crippen molar-refractivity contribution in [3.8, 4) is 16.9 Å². The van der Waals surface area contributed by atoms with Gasteiger partial charge in [-0.3, -0.25) is 4.79 Å². The van der Waals surface area contributed by atoms with Crippen LogP contribution in [0.5, 0.6) is 5.75 Å². The summed E-state index contributed by atoms with van der Waals surface area (Å²) in [4.78, 5) is 11.8. The van der Waals surface area contributed by atoms with Gasteiger partial charge in [0.25, 0.3) is 0 Å². The number of nitrogens with one attached hydrogen (secondary N) is 1. The van der Waals surface area contributed by atoms with Gasteiger partial charge in [0.05, 0.1) is 11.4 Å². The average Bonchev–Trinajstić information content (AvgIpc) is 3.02. The molecule has 2 aromatic rings. The number of carbonyl (C=O) groups excluding carboxylic acids is 1. The number of para-hydroxylation sites is 1. The van der Waals surface area contributed by atoms with E-state index in [4.69, 9.17) is 9.47 Å². The molecule has 0 aliphatic carbocycles. The van der Waals surface area contributed by atoms with E-state index in [1.54, 1.807) is 24.3 Å². The van der Waals surface area contributed by atoms with Gasteiger partial charge in [-0.1, -0.05) is 30.3 Å². The van der Waals surface area contributed by atoms with Crippen LogP contribution in [0.2, 0.25) is 0 Å². The predicted octanol–water partition coefficient (Wildman–Crippen LogP) is 1.82. The molecule has 0 saturated carbocycles. The second-order valence-corrected chi connectivity index (χ2v) is 8.29. The normalized spacial score (nSPS) is 16.0.